The van der Waals surface area contributed by atoms with Crippen LogP contribution in [0.3, 0.4) is 0 Å². The lowest BCUT2D eigenvalue weighted by Crippen LogP contribution is -2.25. The largest absolute Gasteiger partial charge is 0.347 e. The Hall–Kier alpha value is -2.00. The molecule has 0 aliphatic heterocycles. The molecule has 2 aromatic rings. The van der Waals surface area contributed by atoms with E-state index in [-0.39, 0.29) is 11.6 Å². The van der Waals surface area contributed by atoms with Crippen LogP contribution < -0.4 is 9.62 Å². The molecule has 1 N–H and O–H groups in total. The Morgan fingerprint density at radius 2 is 1.91 bits per heavy atom. The van der Waals surface area contributed by atoms with E-state index in [1.807, 2.05) is 21.0 Å². The summed E-state index contributed by atoms with van der Waals surface area (Å²) in [6.45, 7) is 3.67. The van der Waals surface area contributed by atoms with Gasteiger partial charge >= 0.3 is 0 Å². The highest BCUT2D eigenvalue weighted by atomic mass is 32.2. The van der Waals surface area contributed by atoms with Crippen LogP contribution in [0.2, 0.25) is 0 Å². The first kappa shape index (κ1) is 16.4. The van der Waals surface area contributed by atoms with Crippen LogP contribution in [0.4, 0.5) is 5.95 Å². The molecule has 8 nitrogen and oxygen atoms in total. The number of rotatable bonds is 5. The second-order valence-corrected chi connectivity index (χ2v) is 6.97. The lowest BCUT2D eigenvalue weighted by molar-refractivity contribution is 0.576. The maximum Gasteiger partial charge on any atom is 0.259 e. The quantitative estimate of drug-likeness (QED) is 0.854. The van der Waals surface area contributed by atoms with E-state index >= 15 is 0 Å². The third-order valence-corrected chi connectivity index (χ3v) is 4.37. The van der Waals surface area contributed by atoms with Crippen LogP contribution in [0.1, 0.15) is 17.2 Å². The van der Waals surface area contributed by atoms with Crippen LogP contribution in [0.5, 0.6) is 0 Å². The number of nitrogens with zero attached hydrogens (tertiary/aromatic N) is 5. The molecule has 120 valence electrons. The Bertz CT molecular complexity index is 762. The highest BCUT2D eigenvalue weighted by molar-refractivity contribution is 7.89. The zero-order valence-electron chi connectivity index (χ0n) is 13.3. The van der Waals surface area contributed by atoms with Gasteiger partial charge in [-0.15, -0.1) is 0 Å². The van der Waals surface area contributed by atoms with Gasteiger partial charge in [0.15, 0.2) is 5.03 Å². The molecule has 0 aromatic carbocycles. The molecule has 0 bridgehead atoms. The zero-order valence-corrected chi connectivity index (χ0v) is 14.1. The van der Waals surface area contributed by atoms with Gasteiger partial charge < -0.3 is 9.47 Å². The molecule has 0 atom stereocenters. The van der Waals surface area contributed by atoms with Crippen molar-refractivity contribution in [3.05, 3.63) is 29.5 Å². The Balaban J connectivity index is 2.19. The smallest absolute Gasteiger partial charge is 0.259 e. The summed E-state index contributed by atoms with van der Waals surface area (Å²) in [6.07, 6.45) is 1.48. The molecule has 0 unspecified atom stereocenters. The fourth-order valence-corrected chi connectivity index (χ4v) is 2.84. The van der Waals surface area contributed by atoms with Gasteiger partial charge in [0.05, 0.1) is 12.2 Å². The van der Waals surface area contributed by atoms with Crippen molar-refractivity contribution >= 4 is 16.0 Å². The molecule has 2 aromatic heterocycles. The van der Waals surface area contributed by atoms with Crippen LogP contribution in [-0.2, 0) is 23.6 Å². The average molecular weight is 324 g/mol. The lowest BCUT2D eigenvalue weighted by Gasteiger charge is -2.12. The van der Waals surface area contributed by atoms with Crippen molar-refractivity contribution in [3.63, 3.8) is 0 Å². The van der Waals surface area contributed by atoms with E-state index in [2.05, 4.69) is 19.7 Å². The maximum atomic E-state index is 12.2. The first-order valence-corrected chi connectivity index (χ1v) is 8.19. The molecule has 0 spiro atoms. The van der Waals surface area contributed by atoms with Crippen LogP contribution in [0.25, 0.3) is 0 Å². The van der Waals surface area contributed by atoms with E-state index in [1.54, 1.807) is 29.5 Å². The summed E-state index contributed by atoms with van der Waals surface area (Å²) in [6, 6.07) is 1.75. The SMILES string of the molecule is Cc1cc(CNS(=O)(=O)c2cn(C)c(C)n2)nc(N(C)C)n1. The lowest BCUT2D eigenvalue weighted by atomic mass is 10.3. The summed E-state index contributed by atoms with van der Waals surface area (Å²) >= 11 is 0. The summed E-state index contributed by atoms with van der Waals surface area (Å²) in [4.78, 5) is 14.4. The molecular formula is C13H20N6O2S. The second kappa shape index (κ2) is 6.01. The number of aryl methyl sites for hydroxylation is 3. The number of hydrogen-bond donors (Lipinski definition) is 1. The average Bonchev–Trinajstić information content (AvgIpc) is 2.77. The Labute approximate surface area is 130 Å². The van der Waals surface area contributed by atoms with Gasteiger partial charge in [-0.05, 0) is 19.9 Å². The standard InChI is InChI=1S/C13H20N6O2S/c1-9-6-11(17-13(15-9)18(3)4)7-14-22(20,21)12-8-19(5)10(2)16-12/h6,8,14H,7H2,1-5H3. The Kier molecular flexibility index (Phi) is 4.47. The molecule has 0 aliphatic rings. The molecule has 2 heterocycles. The van der Waals surface area contributed by atoms with Gasteiger partial charge in [0.1, 0.15) is 5.82 Å². The molecular weight excluding hydrogens is 304 g/mol. The molecule has 0 fully saturated rings. The molecule has 0 radical (unpaired) electrons. The van der Waals surface area contributed by atoms with E-state index in [0.717, 1.165) is 5.69 Å². The minimum Gasteiger partial charge on any atom is -0.347 e. The monoisotopic (exact) mass is 324 g/mol. The molecule has 9 heteroatoms. The van der Waals surface area contributed by atoms with Crippen LogP contribution in [0, 0.1) is 13.8 Å². The first-order valence-electron chi connectivity index (χ1n) is 6.70. The van der Waals surface area contributed by atoms with Gasteiger partial charge in [-0.25, -0.2) is 28.1 Å². The zero-order chi connectivity index (χ0) is 16.5. The number of imidazole rings is 1. The number of aromatic nitrogens is 4. The summed E-state index contributed by atoms with van der Waals surface area (Å²) in [5.41, 5.74) is 1.38. The second-order valence-electron chi connectivity index (χ2n) is 5.26. The van der Waals surface area contributed by atoms with Gasteiger partial charge in [0.2, 0.25) is 5.95 Å². The van der Waals surface area contributed by atoms with Gasteiger partial charge in [-0.2, -0.15) is 0 Å². The highest BCUT2D eigenvalue weighted by Gasteiger charge is 2.18. The summed E-state index contributed by atoms with van der Waals surface area (Å²) in [7, 11) is 1.75. The minimum absolute atomic E-state index is 0.00566. The normalized spacial score (nSPS) is 11.7. The highest BCUT2D eigenvalue weighted by Crippen LogP contribution is 2.10. The number of hydrogen-bond acceptors (Lipinski definition) is 6. The van der Waals surface area contributed by atoms with Gasteiger partial charge in [-0.1, -0.05) is 0 Å². The molecule has 0 amide bonds. The van der Waals surface area contributed by atoms with Crippen molar-refractivity contribution in [3.8, 4) is 0 Å². The van der Waals surface area contributed by atoms with E-state index in [0.29, 0.717) is 17.5 Å². The van der Waals surface area contributed by atoms with Gasteiger partial charge in [0.25, 0.3) is 10.0 Å². The Morgan fingerprint density at radius 1 is 1.23 bits per heavy atom. The van der Waals surface area contributed by atoms with E-state index < -0.39 is 10.0 Å². The summed E-state index contributed by atoms with van der Waals surface area (Å²) < 4.78 is 28.6. The predicted octanol–water partition coefficient (Wildman–Crippen LogP) is 0.371. The van der Waals surface area contributed by atoms with Crippen molar-refractivity contribution in [2.75, 3.05) is 19.0 Å². The van der Waals surface area contributed by atoms with Crippen molar-refractivity contribution in [1.29, 1.82) is 0 Å². The third kappa shape index (κ3) is 3.60. The van der Waals surface area contributed by atoms with Crippen LogP contribution in [0.15, 0.2) is 17.3 Å². The molecule has 2 rings (SSSR count). The fraction of sp³-hybridized carbons (Fsp3) is 0.462. The van der Waals surface area contributed by atoms with E-state index in [1.165, 1.54) is 6.20 Å². The maximum absolute atomic E-state index is 12.2. The molecule has 0 saturated carbocycles. The number of nitrogens with one attached hydrogen (secondary N) is 1. The fourth-order valence-electron chi connectivity index (χ4n) is 1.81. The van der Waals surface area contributed by atoms with Crippen molar-refractivity contribution in [1.82, 2.24) is 24.2 Å². The first-order chi connectivity index (χ1) is 10.2. The predicted molar refractivity (Wildman–Crippen MR) is 83.1 cm³/mol. The van der Waals surface area contributed by atoms with Gasteiger partial charge in [-0.3, -0.25) is 0 Å². The topological polar surface area (TPSA) is 93.0 Å². The van der Waals surface area contributed by atoms with Crippen molar-refractivity contribution in [2.45, 2.75) is 25.4 Å². The molecule has 22 heavy (non-hydrogen) atoms. The Morgan fingerprint density at radius 3 is 2.45 bits per heavy atom. The summed E-state index contributed by atoms with van der Waals surface area (Å²) in [5, 5.41) is 0.00566. The number of anilines is 1. The van der Waals surface area contributed by atoms with Crippen LogP contribution in [-0.4, -0.2) is 42.0 Å². The van der Waals surface area contributed by atoms with E-state index in [4.69, 9.17) is 0 Å². The summed E-state index contributed by atoms with van der Waals surface area (Å²) in [5.74, 6) is 1.18. The molecule has 0 aliphatic carbocycles. The number of sulfonamides is 1. The van der Waals surface area contributed by atoms with Gasteiger partial charge in [0, 0.05) is 33.0 Å². The van der Waals surface area contributed by atoms with E-state index in [9.17, 15) is 8.42 Å². The van der Waals surface area contributed by atoms with Crippen LogP contribution >= 0.6 is 0 Å². The third-order valence-electron chi connectivity index (χ3n) is 3.10. The van der Waals surface area contributed by atoms with Crippen molar-refractivity contribution < 1.29 is 8.42 Å². The molecule has 0 saturated heterocycles. The minimum atomic E-state index is -3.66. The van der Waals surface area contributed by atoms with Crippen molar-refractivity contribution in [2.24, 2.45) is 7.05 Å².